The molecule has 142 valence electrons. The number of nitrogens with zero attached hydrogens (tertiary/aromatic N) is 2. The summed E-state index contributed by atoms with van der Waals surface area (Å²) in [6.45, 7) is 4.44. The Bertz CT molecular complexity index is 840. The first kappa shape index (κ1) is 19.2. The van der Waals surface area contributed by atoms with Crippen LogP contribution < -0.4 is 4.90 Å². The zero-order chi connectivity index (χ0) is 19.1. The highest BCUT2D eigenvalue weighted by molar-refractivity contribution is 7.91. The lowest BCUT2D eigenvalue weighted by atomic mass is 10.1. The van der Waals surface area contributed by atoms with Crippen molar-refractivity contribution in [2.45, 2.75) is 32.7 Å². The van der Waals surface area contributed by atoms with E-state index < -0.39 is 15.8 Å². The first-order chi connectivity index (χ1) is 12.2. The van der Waals surface area contributed by atoms with E-state index in [2.05, 4.69) is 0 Å². The smallest absolute Gasteiger partial charge is 0.228 e. The van der Waals surface area contributed by atoms with Gasteiger partial charge in [-0.05, 0) is 38.0 Å². The van der Waals surface area contributed by atoms with Crippen LogP contribution in [0.4, 0.5) is 5.69 Å². The van der Waals surface area contributed by atoms with Crippen LogP contribution >= 0.6 is 11.6 Å². The standard InChI is InChI=1S/C18H23ClN2O4S/c1-3-20(14-7-8-26(24,25)11-14)18(23)13-9-17(22)21(10-13)16-6-4-5-15(19)12(16)2/h4-6,13-14H,3,7-11H2,1-2H3. The summed E-state index contributed by atoms with van der Waals surface area (Å²) in [6, 6.07) is 5.10. The molecule has 2 amide bonds. The van der Waals surface area contributed by atoms with Crippen molar-refractivity contribution in [3.63, 3.8) is 0 Å². The van der Waals surface area contributed by atoms with Gasteiger partial charge in [0.1, 0.15) is 0 Å². The van der Waals surface area contributed by atoms with Gasteiger partial charge in [-0.1, -0.05) is 17.7 Å². The van der Waals surface area contributed by atoms with Gasteiger partial charge in [0.05, 0.1) is 17.4 Å². The monoisotopic (exact) mass is 398 g/mol. The average molecular weight is 399 g/mol. The minimum absolute atomic E-state index is 0.0182. The van der Waals surface area contributed by atoms with Crippen LogP contribution in [0, 0.1) is 12.8 Å². The van der Waals surface area contributed by atoms with E-state index in [0.717, 1.165) is 11.3 Å². The lowest BCUT2D eigenvalue weighted by Crippen LogP contribution is -2.44. The lowest BCUT2D eigenvalue weighted by molar-refractivity contribution is -0.137. The number of amides is 2. The van der Waals surface area contributed by atoms with Crippen LogP contribution in [0.3, 0.4) is 0 Å². The highest BCUT2D eigenvalue weighted by atomic mass is 35.5. The Kier molecular flexibility index (Phi) is 5.30. The van der Waals surface area contributed by atoms with Crippen LogP contribution in [0.5, 0.6) is 0 Å². The van der Waals surface area contributed by atoms with E-state index in [0.29, 0.717) is 24.5 Å². The van der Waals surface area contributed by atoms with Crippen LogP contribution in [0.15, 0.2) is 18.2 Å². The molecule has 0 spiro atoms. The molecule has 2 heterocycles. The Hall–Kier alpha value is -1.60. The highest BCUT2D eigenvalue weighted by Crippen LogP contribution is 2.32. The third-order valence-electron chi connectivity index (χ3n) is 5.28. The first-order valence-electron chi connectivity index (χ1n) is 8.80. The van der Waals surface area contributed by atoms with Gasteiger partial charge in [-0.25, -0.2) is 8.42 Å². The number of hydrogen-bond acceptors (Lipinski definition) is 4. The van der Waals surface area contributed by atoms with Crippen LogP contribution in [-0.4, -0.2) is 55.8 Å². The van der Waals surface area contributed by atoms with Crippen molar-refractivity contribution in [3.05, 3.63) is 28.8 Å². The van der Waals surface area contributed by atoms with E-state index in [-0.39, 0.29) is 35.8 Å². The molecule has 26 heavy (non-hydrogen) atoms. The Morgan fingerprint density at radius 2 is 2.12 bits per heavy atom. The largest absolute Gasteiger partial charge is 0.339 e. The summed E-state index contributed by atoms with van der Waals surface area (Å²) in [7, 11) is -3.07. The maximum atomic E-state index is 13.0. The lowest BCUT2D eigenvalue weighted by Gasteiger charge is -2.29. The molecule has 2 aliphatic rings. The first-order valence-corrected chi connectivity index (χ1v) is 11.0. The normalized spacial score (nSPS) is 24.9. The predicted molar refractivity (Wildman–Crippen MR) is 101 cm³/mol. The fourth-order valence-electron chi connectivity index (χ4n) is 3.84. The number of sulfone groups is 1. The van der Waals surface area contributed by atoms with Gasteiger partial charge in [0.2, 0.25) is 11.8 Å². The maximum Gasteiger partial charge on any atom is 0.228 e. The quantitative estimate of drug-likeness (QED) is 0.777. The zero-order valence-corrected chi connectivity index (χ0v) is 16.5. The molecule has 0 aliphatic carbocycles. The van der Waals surface area contributed by atoms with Crippen molar-refractivity contribution in [2.24, 2.45) is 5.92 Å². The molecule has 6 nitrogen and oxygen atoms in total. The Morgan fingerprint density at radius 3 is 2.73 bits per heavy atom. The summed E-state index contributed by atoms with van der Waals surface area (Å²) in [6.07, 6.45) is 0.612. The van der Waals surface area contributed by atoms with Crippen molar-refractivity contribution >= 4 is 38.9 Å². The minimum atomic E-state index is -3.07. The molecule has 8 heteroatoms. The maximum absolute atomic E-state index is 13.0. The summed E-state index contributed by atoms with van der Waals surface area (Å²) in [5, 5.41) is 0.580. The zero-order valence-electron chi connectivity index (χ0n) is 14.9. The molecular formula is C18H23ClN2O4S. The summed E-state index contributed by atoms with van der Waals surface area (Å²) in [5.74, 6) is -0.554. The summed E-state index contributed by atoms with van der Waals surface area (Å²) in [5.41, 5.74) is 1.54. The van der Waals surface area contributed by atoms with E-state index in [9.17, 15) is 18.0 Å². The highest BCUT2D eigenvalue weighted by Gasteiger charge is 2.41. The molecule has 0 radical (unpaired) electrons. The Balaban J connectivity index is 1.77. The molecule has 0 N–H and O–H groups in total. The van der Waals surface area contributed by atoms with E-state index in [4.69, 9.17) is 11.6 Å². The molecule has 2 fully saturated rings. The van der Waals surface area contributed by atoms with Gasteiger partial charge >= 0.3 is 0 Å². The van der Waals surface area contributed by atoms with Crippen molar-refractivity contribution in [3.8, 4) is 0 Å². The van der Waals surface area contributed by atoms with Crippen LogP contribution in [0.25, 0.3) is 0 Å². The number of benzene rings is 1. The number of hydrogen-bond donors (Lipinski definition) is 0. The van der Waals surface area contributed by atoms with Crippen LogP contribution in [0.1, 0.15) is 25.3 Å². The van der Waals surface area contributed by atoms with Crippen molar-refractivity contribution in [1.29, 1.82) is 0 Å². The molecule has 0 bridgehead atoms. The van der Waals surface area contributed by atoms with Gasteiger partial charge < -0.3 is 9.80 Å². The van der Waals surface area contributed by atoms with Crippen molar-refractivity contribution < 1.29 is 18.0 Å². The molecule has 3 rings (SSSR count). The number of carbonyl (C=O) groups excluding carboxylic acids is 2. The predicted octanol–water partition coefficient (Wildman–Crippen LogP) is 2.04. The minimum Gasteiger partial charge on any atom is -0.339 e. The fraction of sp³-hybridized carbons (Fsp3) is 0.556. The summed E-state index contributed by atoms with van der Waals surface area (Å²) >= 11 is 6.15. The van der Waals surface area contributed by atoms with E-state index in [1.807, 2.05) is 19.9 Å². The number of carbonyl (C=O) groups is 2. The van der Waals surface area contributed by atoms with Gasteiger partial charge in [-0.15, -0.1) is 0 Å². The molecule has 1 aromatic rings. The van der Waals surface area contributed by atoms with Gasteiger partial charge in [0.25, 0.3) is 0 Å². The van der Waals surface area contributed by atoms with E-state index in [1.165, 1.54) is 0 Å². The van der Waals surface area contributed by atoms with Gasteiger partial charge in [-0.3, -0.25) is 9.59 Å². The van der Waals surface area contributed by atoms with Gasteiger partial charge in [-0.2, -0.15) is 0 Å². The Morgan fingerprint density at radius 1 is 1.38 bits per heavy atom. The summed E-state index contributed by atoms with van der Waals surface area (Å²) in [4.78, 5) is 28.7. The number of anilines is 1. The fourth-order valence-corrected chi connectivity index (χ4v) is 5.74. The summed E-state index contributed by atoms with van der Waals surface area (Å²) < 4.78 is 23.5. The SMILES string of the molecule is CCN(C(=O)C1CC(=O)N(c2cccc(Cl)c2C)C1)C1CCS(=O)(=O)C1. The van der Waals surface area contributed by atoms with Gasteiger partial charge in [0, 0.05) is 36.3 Å². The van der Waals surface area contributed by atoms with Gasteiger partial charge in [0.15, 0.2) is 9.84 Å². The van der Waals surface area contributed by atoms with Crippen molar-refractivity contribution in [1.82, 2.24) is 4.90 Å². The van der Waals surface area contributed by atoms with Crippen LogP contribution in [-0.2, 0) is 19.4 Å². The number of rotatable bonds is 4. The number of halogens is 1. The average Bonchev–Trinajstić information content (AvgIpc) is 3.13. The molecule has 2 aliphatic heterocycles. The molecule has 2 unspecified atom stereocenters. The molecule has 0 saturated carbocycles. The molecule has 2 atom stereocenters. The second kappa shape index (κ2) is 7.19. The third-order valence-corrected chi connectivity index (χ3v) is 7.44. The molecule has 0 aromatic heterocycles. The van der Waals surface area contributed by atoms with E-state index in [1.54, 1.807) is 21.9 Å². The topological polar surface area (TPSA) is 74.8 Å². The molecule has 1 aromatic carbocycles. The Labute approximate surface area is 159 Å². The van der Waals surface area contributed by atoms with E-state index >= 15 is 0 Å². The molecular weight excluding hydrogens is 376 g/mol. The molecule has 2 saturated heterocycles. The van der Waals surface area contributed by atoms with Crippen molar-refractivity contribution in [2.75, 3.05) is 29.5 Å². The second-order valence-electron chi connectivity index (χ2n) is 6.97. The third kappa shape index (κ3) is 3.60. The second-order valence-corrected chi connectivity index (χ2v) is 9.61. The van der Waals surface area contributed by atoms with Crippen LogP contribution in [0.2, 0.25) is 5.02 Å².